The van der Waals surface area contributed by atoms with Crippen LogP contribution < -0.4 is 5.73 Å². The van der Waals surface area contributed by atoms with Crippen LogP contribution in [0.15, 0.2) is 16.7 Å². The van der Waals surface area contributed by atoms with Gasteiger partial charge in [-0.25, -0.2) is 0 Å². The molecule has 0 unspecified atom stereocenters. The summed E-state index contributed by atoms with van der Waals surface area (Å²) >= 11 is 0. The molecular formula is C12H23BN2O3. The summed E-state index contributed by atoms with van der Waals surface area (Å²) < 4.78 is 16.7. The fourth-order valence-corrected chi connectivity index (χ4v) is 1.48. The topological polar surface area (TPSA) is 66.1 Å². The van der Waals surface area contributed by atoms with E-state index in [2.05, 4.69) is 4.99 Å². The number of allylic oxidation sites excluding steroid dienone is 1. The molecule has 18 heavy (non-hydrogen) atoms. The van der Waals surface area contributed by atoms with E-state index in [-0.39, 0.29) is 11.2 Å². The number of hydrogen-bond acceptors (Lipinski definition) is 5. The van der Waals surface area contributed by atoms with Crippen LogP contribution >= 0.6 is 0 Å². The van der Waals surface area contributed by atoms with Gasteiger partial charge in [-0.05, 0) is 33.9 Å². The molecule has 0 bridgehead atoms. The number of nitrogens with zero attached hydrogens (tertiary/aromatic N) is 1. The molecule has 1 rings (SSSR count). The molecule has 1 fully saturated rings. The second-order valence-electron chi connectivity index (χ2n) is 5.28. The lowest BCUT2D eigenvalue weighted by Crippen LogP contribution is -2.41. The summed E-state index contributed by atoms with van der Waals surface area (Å²) in [5.41, 5.74) is 5.59. The van der Waals surface area contributed by atoms with Gasteiger partial charge < -0.3 is 19.8 Å². The van der Waals surface area contributed by atoms with Crippen molar-refractivity contribution in [3.63, 3.8) is 0 Å². The van der Waals surface area contributed by atoms with Crippen LogP contribution in [-0.4, -0.2) is 44.8 Å². The first kappa shape index (κ1) is 15.2. The van der Waals surface area contributed by atoms with Crippen molar-refractivity contribution in [1.29, 1.82) is 0 Å². The average molecular weight is 254 g/mol. The molecule has 0 aromatic carbocycles. The van der Waals surface area contributed by atoms with Crippen molar-refractivity contribution < 1.29 is 14.0 Å². The van der Waals surface area contributed by atoms with Crippen molar-refractivity contribution in [1.82, 2.24) is 0 Å². The summed E-state index contributed by atoms with van der Waals surface area (Å²) in [7, 11) is 1.18. The first-order chi connectivity index (χ1) is 8.34. The molecule has 1 saturated heterocycles. The van der Waals surface area contributed by atoms with E-state index < -0.39 is 7.12 Å². The van der Waals surface area contributed by atoms with Gasteiger partial charge in [-0.2, -0.15) is 0 Å². The molecule has 0 radical (unpaired) electrons. The van der Waals surface area contributed by atoms with Crippen LogP contribution in [0.1, 0.15) is 27.7 Å². The Balaban J connectivity index is 2.67. The van der Waals surface area contributed by atoms with Crippen LogP contribution in [0.3, 0.4) is 0 Å². The summed E-state index contributed by atoms with van der Waals surface area (Å²) in [5.74, 6) is 0. The smallest absolute Gasteiger partial charge is 0.405 e. The Bertz CT molecular complexity index is 324. The van der Waals surface area contributed by atoms with Crippen molar-refractivity contribution in [3.8, 4) is 0 Å². The molecule has 0 saturated carbocycles. The van der Waals surface area contributed by atoms with Gasteiger partial charge in [0, 0.05) is 18.8 Å². The van der Waals surface area contributed by atoms with Gasteiger partial charge in [0.05, 0.1) is 24.4 Å². The van der Waals surface area contributed by atoms with Crippen LogP contribution in [-0.2, 0) is 14.0 Å². The van der Waals surface area contributed by atoms with Gasteiger partial charge in [-0.1, -0.05) is 0 Å². The van der Waals surface area contributed by atoms with E-state index in [0.29, 0.717) is 13.2 Å². The molecular weight excluding hydrogens is 231 g/mol. The zero-order chi connectivity index (χ0) is 13.8. The predicted molar refractivity (Wildman–Crippen MR) is 73.6 cm³/mol. The maximum Gasteiger partial charge on any atom is 0.497 e. The molecule has 0 aromatic rings. The lowest BCUT2D eigenvalue weighted by molar-refractivity contribution is 0.00578. The standard InChI is InChI=1S/C12H23BN2O3/c1-11(2)12(3,4)18-13(17-11)10(8-14)9-15-6-7-16-5/h8-9H,6-7,14H2,1-5H3. The summed E-state index contributed by atoms with van der Waals surface area (Å²) in [6, 6.07) is 0. The van der Waals surface area contributed by atoms with Crippen LogP contribution in [0.5, 0.6) is 0 Å². The molecule has 1 heterocycles. The minimum absolute atomic E-state index is 0.369. The van der Waals surface area contributed by atoms with Crippen molar-refractivity contribution in [2.45, 2.75) is 38.9 Å². The Morgan fingerprint density at radius 1 is 1.28 bits per heavy atom. The van der Waals surface area contributed by atoms with E-state index in [9.17, 15) is 0 Å². The fourth-order valence-electron chi connectivity index (χ4n) is 1.48. The minimum atomic E-state index is -0.466. The molecule has 6 heteroatoms. The van der Waals surface area contributed by atoms with E-state index in [1.54, 1.807) is 13.3 Å². The van der Waals surface area contributed by atoms with E-state index >= 15 is 0 Å². The van der Waals surface area contributed by atoms with E-state index in [1.165, 1.54) is 6.20 Å². The lowest BCUT2D eigenvalue weighted by atomic mass is 9.79. The SMILES string of the molecule is COCCN=CC(=CN)B1OC(C)(C)C(C)(C)O1. The number of methoxy groups -OCH3 is 1. The van der Waals surface area contributed by atoms with Gasteiger partial charge in [0.2, 0.25) is 0 Å². The monoisotopic (exact) mass is 254 g/mol. The Morgan fingerprint density at radius 2 is 1.83 bits per heavy atom. The highest BCUT2D eigenvalue weighted by atomic mass is 16.7. The summed E-state index contributed by atoms with van der Waals surface area (Å²) in [6.07, 6.45) is 3.15. The first-order valence-electron chi connectivity index (χ1n) is 6.10. The number of ether oxygens (including phenoxy) is 1. The van der Waals surface area contributed by atoms with Gasteiger partial charge in [0.1, 0.15) is 0 Å². The normalized spacial score (nSPS) is 22.9. The average Bonchev–Trinajstić information content (AvgIpc) is 2.48. The number of rotatable bonds is 5. The lowest BCUT2D eigenvalue weighted by Gasteiger charge is -2.32. The Hall–Kier alpha value is -0.845. The third-order valence-electron chi connectivity index (χ3n) is 3.38. The van der Waals surface area contributed by atoms with Crippen molar-refractivity contribution >= 4 is 13.3 Å². The Labute approximate surface area is 110 Å². The molecule has 5 nitrogen and oxygen atoms in total. The highest BCUT2D eigenvalue weighted by Gasteiger charge is 2.52. The van der Waals surface area contributed by atoms with Crippen LogP contribution in [0.4, 0.5) is 0 Å². The third kappa shape index (κ3) is 3.34. The quantitative estimate of drug-likeness (QED) is 0.454. The number of hydrogen-bond donors (Lipinski definition) is 1. The molecule has 0 spiro atoms. The van der Waals surface area contributed by atoms with Crippen molar-refractivity contribution in [3.05, 3.63) is 11.7 Å². The summed E-state index contributed by atoms with van der Waals surface area (Å²) in [4.78, 5) is 4.21. The third-order valence-corrected chi connectivity index (χ3v) is 3.38. The van der Waals surface area contributed by atoms with Crippen LogP contribution in [0.25, 0.3) is 0 Å². The van der Waals surface area contributed by atoms with E-state index in [4.69, 9.17) is 19.8 Å². The second kappa shape index (κ2) is 5.86. The van der Waals surface area contributed by atoms with Gasteiger partial charge in [0.25, 0.3) is 0 Å². The Morgan fingerprint density at radius 3 is 2.28 bits per heavy atom. The van der Waals surface area contributed by atoms with Gasteiger partial charge in [-0.3, -0.25) is 4.99 Å². The van der Waals surface area contributed by atoms with Crippen LogP contribution in [0, 0.1) is 0 Å². The molecule has 0 amide bonds. The number of nitrogens with two attached hydrogens (primary N) is 1. The molecule has 0 aliphatic carbocycles. The van der Waals surface area contributed by atoms with Gasteiger partial charge >= 0.3 is 7.12 Å². The zero-order valence-corrected chi connectivity index (χ0v) is 11.9. The first-order valence-corrected chi connectivity index (χ1v) is 6.10. The highest BCUT2D eigenvalue weighted by molar-refractivity contribution is 6.60. The molecule has 1 aliphatic heterocycles. The molecule has 0 aromatic heterocycles. The zero-order valence-electron chi connectivity index (χ0n) is 11.9. The van der Waals surface area contributed by atoms with Crippen LogP contribution in [0.2, 0.25) is 0 Å². The maximum atomic E-state index is 5.88. The summed E-state index contributed by atoms with van der Waals surface area (Å²) in [5, 5.41) is 0. The molecule has 1 aliphatic rings. The summed E-state index contributed by atoms with van der Waals surface area (Å²) in [6.45, 7) is 9.18. The van der Waals surface area contributed by atoms with E-state index in [1.807, 2.05) is 27.7 Å². The van der Waals surface area contributed by atoms with Crippen molar-refractivity contribution in [2.75, 3.05) is 20.3 Å². The maximum absolute atomic E-state index is 5.88. The molecule has 2 N–H and O–H groups in total. The number of aliphatic imine (C=N–C) groups is 1. The highest BCUT2D eigenvalue weighted by Crippen LogP contribution is 2.38. The second-order valence-corrected chi connectivity index (χ2v) is 5.28. The largest absolute Gasteiger partial charge is 0.497 e. The van der Waals surface area contributed by atoms with Crippen molar-refractivity contribution in [2.24, 2.45) is 10.7 Å². The fraction of sp³-hybridized carbons (Fsp3) is 0.750. The Kier molecular flexibility index (Phi) is 4.96. The predicted octanol–water partition coefficient (Wildman–Crippen LogP) is 1.18. The van der Waals surface area contributed by atoms with Gasteiger partial charge in [0.15, 0.2) is 0 Å². The van der Waals surface area contributed by atoms with E-state index in [0.717, 1.165) is 5.47 Å². The molecule has 0 atom stereocenters. The molecule has 102 valence electrons. The minimum Gasteiger partial charge on any atom is -0.405 e. The van der Waals surface area contributed by atoms with Gasteiger partial charge in [-0.15, -0.1) is 0 Å².